The average molecular weight is 678 g/mol. The summed E-state index contributed by atoms with van der Waals surface area (Å²) in [5, 5.41) is 5.02. The van der Waals surface area contributed by atoms with Crippen LogP contribution >= 0.6 is 0 Å². The Hall–Kier alpha value is -7.10. The van der Waals surface area contributed by atoms with E-state index in [4.69, 9.17) is 0 Å². The molecule has 3 nitrogen and oxygen atoms in total. The lowest BCUT2D eigenvalue weighted by molar-refractivity contribution is 1.18. The van der Waals surface area contributed by atoms with Crippen molar-refractivity contribution in [1.29, 1.82) is 0 Å². The molecule has 0 spiro atoms. The first-order valence-corrected chi connectivity index (χ1v) is 18.1. The fourth-order valence-electron chi connectivity index (χ4n) is 7.84. The smallest absolute Gasteiger partial charge is 0.0542 e. The highest BCUT2D eigenvalue weighted by molar-refractivity contribution is 6.11. The molecule has 0 fully saturated rings. The summed E-state index contributed by atoms with van der Waals surface area (Å²) in [7, 11) is 0. The van der Waals surface area contributed by atoms with Crippen molar-refractivity contribution in [2.75, 3.05) is 4.90 Å². The van der Waals surface area contributed by atoms with Crippen molar-refractivity contribution in [1.82, 2.24) is 9.13 Å². The Morgan fingerprint density at radius 1 is 0.302 bits per heavy atom. The average Bonchev–Trinajstić information content (AvgIpc) is 3.74. The van der Waals surface area contributed by atoms with Crippen LogP contribution in [0.1, 0.15) is 11.1 Å². The molecular formula is C50H35N3. The molecule has 2 heterocycles. The van der Waals surface area contributed by atoms with E-state index in [0.29, 0.717) is 0 Å². The van der Waals surface area contributed by atoms with E-state index in [1.807, 2.05) is 0 Å². The van der Waals surface area contributed by atoms with Gasteiger partial charge in [0, 0.05) is 50.0 Å². The van der Waals surface area contributed by atoms with Crippen LogP contribution in [0.3, 0.4) is 0 Å². The molecule has 10 aromatic rings. The Labute approximate surface area is 308 Å². The number of nitrogens with zero attached hydrogens (tertiary/aromatic N) is 3. The third-order valence-electron chi connectivity index (χ3n) is 10.3. The molecule has 0 unspecified atom stereocenters. The van der Waals surface area contributed by atoms with Gasteiger partial charge in [-0.25, -0.2) is 0 Å². The predicted octanol–water partition coefficient (Wildman–Crippen LogP) is 13.5. The molecule has 0 bridgehead atoms. The van der Waals surface area contributed by atoms with Gasteiger partial charge in [-0.15, -0.1) is 0 Å². The summed E-state index contributed by atoms with van der Waals surface area (Å²) in [5.74, 6) is 0. The lowest BCUT2D eigenvalue weighted by Gasteiger charge is -2.25. The number of hydrogen-bond acceptors (Lipinski definition) is 1. The van der Waals surface area contributed by atoms with Crippen LogP contribution in [0.2, 0.25) is 0 Å². The van der Waals surface area contributed by atoms with E-state index < -0.39 is 0 Å². The standard InChI is InChI=1S/C50H35N3/c1-3-13-38(14-4-1)51(42-33-34-50-46(35-42)45-19-9-12-22-49(45)52(50)39-15-5-2-6-16-39)40-29-25-36(26-30-40)23-24-37-27-31-41(32-28-37)53-47-20-10-7-17-43(47)44-18-8-11-21-48(44)53/h1-35H/b24-23+. The van der Waals surface area contributed by atoms with E-state index in [1.54, 1.807) is 0 Å². The van der Waals surface area contributed by atoms with Crippen LogP contribution in [0.5, 0.6) is 0 Å². The predicted molar refractivity (Wildman–Crippen MR) is 225 cm³/mol. The minimum atomic E-state index is 1.11. The van der Waals surface area contributed by atoms with E-state index in [-0.39, 0.29) is 0 Å². The van der Waals surface area contributed by atoms with E-state index in [2.05, 4.69) is 226 Å². The molecule has 0 saturated carbocycles. The molecule has 8 aromatic carbocycles. The van der Waals surface area contributed by atoms with Gasteiger partial charge in [0.2, 0.25) is 0 Å². The summed E-state index contributed by atoms with van der Waals surface area (Å²) in [5.41, 5.74) is 12.8. The zero-order valence-corrected chi connectivity index (χ0v) is 29.0. The van der Waals surface area contributed by atoms with Crippen molar-refractivity contribution in [3.05, 3.63) is 211 Å². The number of aromatic nitrogens is 2. The van der Waals surface area contributed by atoms with Gasteiger partial charge in [0.25, 0.3) is 0 Å². The Morgan fingerprint density at radius 2 is 0.698 bits per heavy atom. The molecule has 0 aliphatic carbocycles. The first kappa shape index (κ1) is 30.7. The molecule has 0 N–H and O–H groups in total. The maximum Gasteiger partial charge on any atom is 0.0542 e. The van der Waals surface area contributed by atoms with Crippen molar-refractivity contribution >= 4 is 72.8 Å². The summed E-state index contributed by atoms with van der Waals surface area (Å²) in [6.07, 6.45) is 4.38. The SMILES string of the molecule is C(=C\c1ccc(-n2c3ccccc3c3ccccc32)cc1)/c1ccc(N(c2ccccc2)c2ccc3c(c2)c2ccccc2n3-c2ccccc2)cc1. The van der Waals surface area contributed by atoms with Crippen molar-refractivity contribution in [3.8, 4) is 11.4 Å². The van der Waals surface area contributed by atoms with Gasteiger partial charge in [-0.05, 0) is 96.1 Å². The molecule has 0 amide bonds. The van der Waals surface area contributed by atoms with Crippen LogP contribution in [0.15, 0.2) is 200 Å². The van der Waals surface area contributed by atoms with Gasteiger partial charge < -0.3 is 14.0 Å². The maximum absolute atomic E-state index is 2.36. The summed E-state index contributed by atoms with van der Waals surface area (Å²) in [4.78, 5) is 2.34. The Kier molecular flexibility index (Phi) is 7.47. The monoisotopic (exact) mass is 677 g/mol. The summed E-state index contributed by atoms with van der Waals surface area (Å²) in [6, 6.07) is 71.7. The van der Waals surface area contributed by atoms with Crippen molar-refractivity contribution in [2.24, 2.45) is 0 Å². The van der Waals surface area contributed by atoms with Crippen LogP contribution in [-0.4, -0.2) is 9.13 Å². The zero-order valence-electron chi connectivity index (χ0n) is 29.0. The molecule has 0 atom stereocenters. The van der Waals surface area contributed by atoms with Crippen LogP contribution in [-0.2, 0) is 0 Å². The molecule has 0 aliphatic heterocycles. The third-order valence-corrected chi connectivity index (χ3v) is 10.3. The quantitative estimate of drug-likeness (QED) is 0.153. The van der Waals surface area contributed by atoms with Crippen LogP contribution in [0.25, 0.3) is 67.1 Å². The third kappa shape index (κ3) is 5.38. The number of para-hydroxylation sites is 5. The van der Waals surface area contributed by atoms with Gasteiger partial charge in [0.05, 0.1) is 22.1 Å². The topological polar surface area (TPSA) is 13.1 Å². The van der Waals surface area contributed by atoms with Crippen molar-refractivity contribution in [2.45, 2.75) is 0 Å². The van der Waals surface area contributed by atoms with Gasteiger partial charge in [0.15, 0.2) is 0 Å². The highest BCUT2D eigenvalue weighted by Gasteiger charge is 2.17. The molecule has 2 aromatic heterocycles. The number of rotatable bonds is 7. The second-order valence-corrected chi connectivity index (χ2v) is 13.4. The fraction of sp³-hybridized carbons (Fsp3) is 0. The normalized spacial score (nSPS) is 11.7. The lowest BCUT2D eigenvalue weighted by Crippen LogP contribution is -2.09. The first-order valence-electron chi connectivity index (χ1n) is 18.1. The van der Waals surface area contributed by atoms with E-state index in [1.165, 1.54) is 43.6 Å². The zero-order chi connectivity index (χ0) is 35.1. The molecule has 0 aliphatic rings. The summed E-state index contributed by atoms with van der Waals surface area (Å²) in [6.45, 7) is 0. The van der Waals surface area contributed by atoms with Gasteiger partial charge in [0.1, 0.15) is 0 Å². The van der Waals surface area contributed by atoms with Crippen molar-refractivity contribution < 1.29 is 0 Å². The van der Waals surface area contributed by atoms with Gasteiger partial charge in [-0.1, -0.05) is 127 Å². The fourth-order valence-corrected chi connectivity index (χ4v) is 7.84. The number of hydrogen-bond donors (Lipinski definition) is 0. The maximum atomic E-state index is 2.36. The molecule has 250 valence electrons. The number of anilines is 3. The van der Waals surface area contributed by atoms with Gasteiger partial charge >= 0.3 is 0 Å². The minimum Gasteiger partial charge on any atom is -0.310 e. The van der Waals surface area contributed by atoms with E-state index >= 15 is 0 Å². The van der Waals surface area contributed by atoms with E-state index in [9.17, 15) is 0 Å². The van der Waals surface area contributed by atoms with Gasteiger partial charge in [-0.3, -0.25) is 0 Å². The Bertz CT molecular complexity index is 2860. The summed E-state index contributed by atoms with van der Waals surface area (Å²) < 4.78 is 4.72. The second-order valence-electron chi connectivity index (χ2n) is 13.4. The Morgan fingerprint density at radius 3 is 1.26 bits per heavy atom. The van der Waals surface area contributed by atoms with Crippen LogP contribution in [0, 0.1) is 0 Å². The molecule has 0 saturated heterocycles. The summed E-state index contributed by atoms with van der Waals surface area (Å²) >= 11 is 0. The van der Waals surface area contributed by atoms with Gasteiger partial charge in [-0.2, -0.15) is 0 Å². The van der Waals surface area contributed by atoms with E-state index in [0.717, 1.165) is 39.6 Å². The number of fused-ring (bicyclic) bond motifs is 6. The van der Waals surface area contributed by atoms with Crippen LogP contribution < -0.4 is 4.90 Å². The molecular weight excluding hydrogens is 643 g/mol. The largest absolute Gasteiger partial charge is 0.310 e. The molecule has 3 heteroatoms. The highest BCUT2D eigenvalue weighted by atomic mass is 15.1. The molecule has 0 radical (unpaired) electrons. The van der Waals surface area contributed by atoms with Crippen LogP contribution in [0.4, 0.5) is 17.1 Å². The highest BCUT2D eigenvalue weighted by Crippen LogP contribution is 2.40. The molecule has 10 rings (SSSR count). The Balaban J connectivity index is 0.972. The molecule has 53 heavy (non-hydrogen) atoms. The lowest BCUT2D eigenvalue weighted by atomic mass is 10.1. The minimum absolute atomic E-state index is 1.11. The number of benzene rings is 8. The first-order chi connectivity index (χ1) is 26.3. The second kappa shape index (κ2) is 12.9. The van der Waals surface area contributed by atoms with Crippen molar-refractivity contribution in [3.63, 3.8) is 0 Å².